The number of carbonyl (C=O) groups is 2. The van der Waals surface area contributed by atoms with Crippen LogP contribution in [0.15, 0.2) is 42.5 Å². The van der Waals surface area contributed by atoms with Gasteiger partial charge in [0.05, 0.1) is 10.5 Å². The summed E-state index contributed by atoms with van der Waals surface area (Å²) in [6.45, 7) is 1.21. The molecule has 2 aromatic carbocycles. The zero-order valence-corrected chi connectivity index (χ0v) is 14.0. The van der Waals surface area contributed by atoms with Crippen LogP contribution in [0.25, 0.3) is 0 Å². The lowest BCUT2D eigenvalue weighted by molar-refractivity contribution is -0.385. The maximum atomic E-state index is 13.4. The van der Waals surface area contributed by atoms with Gasteiger partial charge >= 0.3 is 5.97 Å². The second kappa shape index (κ2) is 8.70. The van der Waals surface area contributed by atoms with Gasteiger partial charge in [-0.3, -0.25) is 14.9 Å². The number of aryl methyl sites for hydroxylation is 1. The Hall–Kier alpha value is -3.29. The van der Waals surface area contributed by atoms with Crippen molar-refractivity contribution in [3.05, 3.63) is 75.1 Å². The molecular weight excluding hydrogens is 343 g/mol. The summed E-state index contributed by atoms with van der Waals surface area (Å²) in [7, 11) is 0. The number of hydrogen-bond acceptors (Lipinski definition) is 5. The molecule has 1 amide bonds. The number of ether oxygens (including phenoxy) is 1. The Kier molecular flexibility index (Phi) is 6.37. The van der Waals surface area contributed by atoms with Gasteiger partial charge in [0.15, 0.2) is 6.61 Å². The lowest BCUT2D eigenvalue weighted by Gasteiger charge is -2.07. The van der Waals surface area contributed by atoms with Crippen molar-refractivity contribution in [3.8, 4) is 0 Å². The molecule has 26 heavy (non-hydrogen) atoms. The monoisotopic (exact) mass is 360 g/mol. The van der Waals surface area contributed by atoms with Crippen molar-refractivity contribution in [2.45, 2.75) is 13.3 Å². The third-order valence-corrected chi connectivity index (χ3v) is 3.65. The van der Waals surface area contributed by atoms with Crippen LogP contribution in [0.3, 0.4) is 0 Å². The van der Waals surface area contributed by atoms with Crippen molar-refractivity contribution < 1.29 is 23.6 Å². The summed E-state index contributed by atoms with van der Waals surface area (Å²) >= 11 is 0. The molecule has 0 aliphatic heterocycles. The molecule has 0 fully saturated rings. The molecule has 0 heterocycles. The molecule has 0 radical (unpaired) electrons. The SMILES string of the molecule is Cc1ccc(C(=O)OCC(=O)NCCc2ccccc2F)cc1[N+](=O)[O-]. The van der Waals surface area contributed by atoms with Gasteiger partial charge in [0.2, 0.25) is 0 Å². The Balaban J connectivity index is 1.82. The Bertz CT molecular complexity index is 838. The second-order valence-electron chi connectivity index (χ2n) is 5.53. The summed E-state index contributed by atoms with van der Waals surface area (Å²) in [6.07, 6.45) is 0.302. The van der Waals surface area contributed by atoms with E-state index in [9.17, 15) is 24.1 Å². The summed E-state index contributed by atoms with van der Waals surface area (Å²) in [6, 6.07) is 10.2. The molecule has 0 saturated carbocycles. The van der Waals surface area contributed by atoms with E-state index in [1.807, 2.05) is 0 Å². The number of rotatable bonds is 7. The number of nitrogens with one attached hydrogen (secondary N) is 1. The quantitative estimate of drug-likeness (QED) is 0.465. The Labute approximate surface area is 148 Å². The van der Waals surface area contributed by atoms with Crippen molar-refractivity contribution in [2.24, 2.45) is 0 Å². The van der Waals surface area contributed by atoms with Gasteiger partial charge in [-0.15, -0.1) is 0 Å². The first-order valence-corrected chi connectivity index (χ1v) is 7.80. The Morgan fingerprint density at radius 2 is 1.96 bits per heavy atom. The highest BCUT2D eigenvalue weighted by molar-refractivity contribution is 5.92. The average Bonchev–Trinajstić information content (AvgIpc) is 2.61. The molecule has 0 saturated heterocycles. The number of nitro groups is 1. The highest BCUT2D eigenvalue weighted by atomic mass is 19.1. The van der Waals surface area contributed by atoms with Crippen LogP contribution in [0.1, 0.15) is 21.5 Å². The Morgan fingerprint density at radius 3 is 2.65 bits per heavy atom. The van der Waals surface area contributed by atoms with Crippen LogP contribution in [0, 0.1) is 22.9 Å². The van der Waals surface area contributed by atoms with Crippen LogP contribution in [-0.4, -0.2) is 30.0 Å². The Morgan fingerprint density at radius 1 is 1.23 bits per heavy atom. The minimum Gasteiger partial charge on any atom is -0.452 e. The van der Waals surface area contributed by atoms with Crippen molar-refractivity contribution >= 4 is 17.6 Å². The van der Waals surface area contributed by atoms with Crippen LogP contribution < -0.4 is 5.32 Å². The van der Waals surface area contributed by atoms with Crippen LogP contribution in [0.4, 0.5) is 10.1 Å². The second-order valence-corrected chi connectivity index (χ2v) is 5.53. The summed E-state index contributed by atoms with van der Waals surface area (Å²) in [5.41, 5.74) is 0.671. The molecule has 0 bridgehead atoms. The largest absolute Gasteiger partial charge is 0.452 e. The highest BCUT2D eigenvalue weighted by Crippen LogP contribution is 2.19. The predicted octanol–water partition coefficient (Wildman–Crippen LogP) is 2.56. The molecular formula is C18H17FN2O5. The number of amides is 1. The van der Waals surface area contributed by atoms with Crippen LogP contribution in [0.5, 0.6) is 0 Å². The third-order valence-electron chi connectivity index (χ3n) is 3.65. The molecule has 0 aromatic heterocycles. The normalized spacial score (nSPS) is 10.2. The highest BCUT2D eigenvalue weighted by Gasteiger charge is 2.16. The van der Waals surface area contributed by atoms with E-state index in [1.165, 1.54) is 18.2 Å². The molecule has 136 valence electrons. The average molecular weight is 360 g/mol. The van der Waals surface area contributed by atoms with Crippen molar-refractivity contribution in [3.63, 3.8) is 0 Å². The zero-order valence-electron chi connectivity index (χ0n) is 14.0. The number of esters is 1. The molecule has 2 aromatic rings. The molecule has 1 N–H and O–H groups in total. The smallest absolute Gasteiger partial charge is 0.338 e. The molecule has 0 atom stereocenters. The minimum atomic E-state index is -0.836. The molecule has 0 aliphatic carbocycles. The molecule has 0 aliphatic rings. The number of benzene rings is 2. The van der Waals surface area contributed by atoms with Crippen LogP contribution in [-0.2, 0) is 16.0 Å². The van der Waals surface area contributed by atoms with E-state index in [2.05, 4.69) is 5.32 Å². The molecule has 7 nitrogen and oxygen atoms in total. The van der Waals surface area contributed by atoms with Gasteiger partial charge in [-0.2, -0.15) is 0 Å². The topological polar surface area (TPSA) is 98.5 Å². The lowest BCUT2D eigenvalue weighted by Crippen LogP contribution is -2.30. The minimum absolute atomic E-state index is 0.0125. The fourth-order valence-corrected chi connectivity index (χ4v) is 2.24. The van der Waals surface area contributed by atoms with Gasteiger partial charge in [0, 0.05) is 18.2 Å². The van der Waals surface area contributed by atoms with Gasteiger partial charge in [0.1, 0.15) is 5.82 Å². The van der Waals surface area contributed by atoms with E-state index in [-0.39, 0.29) is 23.6 Å². The van der Waals surface area contributed by atoms with E-state index < -0.39 is 23.4 Å². The molecule has 8 heteroatoms. The van der Waals surface area contributed by atoms with Crippen molar-refractivity contribution in [1.29, 1.82) is 0 Å². The zero-order chi connectivity index (χ0) is 19.1. The number of carbonyl (C=O) groups excluding carboxylic acids is 2. The maximum Gasteiger partial charge on any atom is 0.338 e. The van der Waals surface area contributed by atoms with E-state index in [0.29, 0.717) is 17.5 Å². The number of halogens is 1. The predicted molar refractivity (Wildman–Crippen MR) is 91.2 cm³/mol. The first kappa shape index (κ1) is 19.0. The molecule has 2 rings (SSSR count). The first-order chi connectivity index (χ1) is 12.4. The fourth-order valence-electron chi connectivity index (χ4n) is 2.24. The number of nitro benzene ring substituents is 1. The summed E-state index contributed by atoms with van der Waals surface area (Å²) in [5, 5.41) is 13.4. The summed E-state index contributed by atoms with van der Waals surface area (Å²) in [5.74, 6) is -1.73. The van der Waals surface area contributed by atoms with Gasteiger partial charge in [-0.05, 0) is 31.0 Å². The molecule has 0 spiro atoms. The summed E-state index contributed by atoms with van der Waals surface area (Å²) < 4.78 is 18.3. The van der Waals surface area contributed by atoms with E-state index >= 15 is 0 Å². The maximum absolute atomic E-state index is 13.4. The van der Waals surface area contributed by atoms with Gasteiger partial charge < -0.3 is 10.1 Å². The van der Waals surface area contributed by atoms with Crippen LogP contribution >= 0.6 is 0 Å². The van der Waals surface area contributed by atoms with Crippen molar-refractivity contribution in [1.82, 2.24) is 5.32 Å². The third kappa shape index (κ3) is 5.10. The summed E-state index contributed by atoms with van der Waals surface area (Å²) in [4.78, 5) is 33.9. The van der Waals surface area contributed by atoms with E-state index in [1.54, 1.807) is 25.1 Å². The van der Waals surface area contributed by atoms with Gasteiger partial charge in [0.25, 0.3) is 11.6 Å². The van der Waals surface area contributed by atoms with E-state index in [4.69, 9.17) is 4.74 Å². The fraction of sp³-hybridized carbons (Fsp3) is 0.222. The lowest BCUT2D eigenvalue weighted by atomic mass is 10.1. The standard InChI is InChI=1S/C18H17FN2O5/c1-12-6-7-14(10-16(12)21(24)25)18(23)26-11-17(22)20-9-8-13-4-2-3-5-15(13)19/h2-7,10H,8-9,11H2,1H3,(H,20,22). The number of hydrogen-bond donors (Lipinski definition) is 1. The van der Waals surface area contributed by atoms with Gasteiger partial charge in [-0.1, -0.05) is 24.3 Å². The first-order valence-electron chi connectivity index (χ1n) is 7.80. The van der Waals surface area contributed by atoms with E-state index in [0.717, 1.165) is 6.07 Å². The molecule has 0 unspecified atom stereocenters. The van der Waals surface area contributed by atoms with Crippen molar-refractivity contribution in [2.75, 3.05) is 13.2 Å². The number of nitrogens with zero attached hydrogens (tertiary/aromatic N) is 1. The van der Waals surface area contributed by atoms with Crippen LogP contribution in [0.2, 0.25) is 0 Å². The van der Waals surface area contributed by atoms with Gasteiger partial charge in [-0.25, -0.2) is 9.18 Å².